The average molecular weight is 472 g/mol. The molecule has 0 fully saturated rings. The van der Waals surface area contributed by atoms with Crippen molar-refractivity contribution in [3.63, 3.8) is 0 Å². The summed E-state index contributed by atoms with van der Waals surface area (Å²) in [7, 11) is 0. The Morgan fingerprint density at radius 2 is 1.20 bits per heavy atom. The number of ether oxygens (including phenoxy) is 1. The molecule has 0 saturated carbocycles. The minimum absolute atomic E-state index is 0.0902. The summed E-state index contributed by atoms with van der Waals surface area (Å²) in [6.07, 6.45) is 0. The predicted molar refractivity (Wildman–Crippen MR) is 128 cm³/mol. The lowest BCUT2D eigenvalue weighted by molar-refractivity contribution is 0.201. The maximum Gasteiger partial charge on any atom is 0.344 e. The Balaban J connectivity index is 1.81. The molecule has 0 unspecified atom stereocenters. The lowest BCUT2D eigenvalue weighted by atomic mass is 9.84. The van der Waals surface area contributed by atoms with E-state index in [2.05, 4.69) is 0 Å². The van der Waals surface area contributed by atoms with Gasteiger partial charge in [-0.3, -0.25) is 0 Å². The molecule has 3 N–H and O–H groups in total. The first kappa shape index (κ1) is 22.2. The van der Waals surface area contributed by atoms with Crippen LogP contribution < -0.4 is 16.0 Å². The average Bonchev–Trinajstić information content (AvgIpc) is 2.87. The number of aliphatic hydroxyl groups excluding tert-OH is 1. The minimum atomic E-state index is -1.22. The molecule has 5 aromatic rings. The van der Waals surface area contributed by atoms with E-state index in [1.165, 1.54) is 0 Å². The Labute approximate surface area is 197 Å². The largest absolute Gasteiger partial charge is 0.507 e. The summed E-state index contributed by atoms with van der Waals surface area (Å²) in [5.41, 5.74) is -1.40. The summed E-state index contributed by atoms with van der Waals surface area (Å²) in [6.45, 7) is -0.0741. The van der Waals surface area contributed by atoms with Crippen LogP contribution in [0.15, 0.2) is 91.2 Å². The van der Waals surface area contributed by atoms with E-state index in [0.717, 1.165) is 0 Å². The lowest BCUT2D eigenvalue weighted by Crippen LogP contribution is -2.21. The van der Waals surface area contributed by atoms with Gasteiger partial charge in [0.05, 0.1) is 34.4 Å². The fourth-order valence-corrected chi connectivity index (χ4v) is 4.20. The van der Waals surface area contributed by atoms with Gasteiger partial charge in [0.15, 0.2) is 0 Å². The SMILES string of the molecule is O=c1oc2ccccc2c(O)c1C(c1ccc(OCCO)cc1)c1c(O)c2ccccc2oc1=O. The van der Waals surface area contributed by atoms with Gasteiger partial charge in [-0.15, -0.1) is 0 Å². The highest BCUT2D eigenvalue weighted by Gasteiger charge is 2.32. The Hall–Kier alpha value is -4.56. The van der Waals surface area contributed by atoms with Gasteiger partial charge in [-0.2, -0.15) is 0 Å². The van der Waals surface area contributed by atoms with E-state index in [4.69, 9.17) is 18.7 Å². The van der Waals surface area contributed by atoms with Crippen LogP contribution in [-0.4, -0.2) is 28.5 Å². The monoisotopic (exact) mass is 472 g/mol. The Bertz CT molecular complexity index is 1550. The van der Waals surface area contributed by atoms with E-state index >= 15 is 0 Å². The molecule has 0 spiro atoms. The molecule has 0 aliphatic heterocycles. The molecule has 2 heterocycles. The van der Waals surface area contributed by atoms with E-state index in [9.17, 15) is 19.8 Å². The maximum absolute atomic E-state index is 13.1. The molecule has 0 saturated heterocycles. The summed E-state index contributed by atoms with van der Waals surface area (Å²) in [6, 6.07) is 19.3. The maximum atomic E-state index is 13.1. The van der Waals surface area contributed by atoms with Gasteiger partial charge >= 0.3 is 11.3 Å². The van der Waals surface area contributed by atoms with E-state index in [1.54, 1.807) is 72.8 Å². The topological polar surface area (TPSA) is 130 Å². The standard InChI is InChI=1S/C27H20O8/c28-13-14-33-16-11-9-15(10-12-16)21(22-24(29)17-5-1-3-7-19(17)34-26(22)31)23-25(30)18-6-2-4-8-20(18)35-27(23)32/h1-12,21,28-30H,13-14H2. The molecule has 0 amide bonds. The summed E-state index contributed by atoms with van der Waals surface area (Å²) in [5, 5.41) is 31.9. The van der Waals surface area contributed by atoms with Gasteiger partial charge in [-0.1, -0.05) is 36.4 Å². The van der Waals surface area contributed by atoms with Crippen molar-refractivity contribution in [3.05, 3.63) is 110 Å². The smallest absolute Gasteiger partial charge is 0.344 e. The number of benzene rings is 3. The van der Waals surface area contributed by atoms with Crippen LogP contribution in [0, 0.1) is 0 Å². The summed E-state index contributed by atoms with van der Waals surface area (Å²) >= 11 is 0. The lowest BCUT2D eigenvalue weighted by Gasteiger charge is -2.20. The van der Waals surface area contributed by atoms with Gasteiger partial charge in [0.2, 0.25) is 0 Å². The van der Waals surface area contributed by atoms with Crippen LogP contribution in [0.2, 0.25) is 0 Å². The zero-order chi connectivity index (χ0) is 24.5. The number of fused-ring (bicyclic) bond motifs is 2. The molecule has 5 rings (SSSR count). The highest BCUT2D eigenvalue weighted by molar-refractivity contribution is 5.86. The van der Waals surface area contributed by atoms with Gasteiger partial charge in [-0.25, -0.2) is 9.59 Å². The molecule has 8 heteroatoms. The summed E-state index contributed by atoms with van der Waals surface area (Å²) in [4.78, 5) is 26.3. The first-order valence-corrected chi connectivity index (χ1v) is 10.8. The Kier molecular flexibility index (Phi) is 5.72. The Morgan fingerprint density at radius 1 is 0.714 bits per heavy atom. The van der Waals surface area contributed by atoms with Gasteiger partial charge in [0.1, 0.15) is 35.0 Å². The van der Waals surface area contributed by atoms with Crippen LogP contribution in [0.3, 0.4) is 0 Å². The molecule has 0 atom stereocenters. The molecular weight excluding hydrogens is 452 g/mol. The van der Waals surface area contributed by atoms with Crippen molar-refractivity contribution in [2.45, 2.75) is 5.92 Å². The van der Waals surface area contributed by atoms with Crippen LogP contribution in [0.5, 0.6) is 17.2 Å². The number of aliphatic hydroxyl groups is 1. The molecule has 2 aromatic heterocycles. The van der Waals surface area contributed by atoms with E-state index in [-0.39, 0.29) is 57.8 Å². The van der Waals surface area contributed by atoms with Crippen molar-refractivity contribution < 1.29 is 28.9 Å². The first-order valence-electron chi connectivity index (χ1n) is 10.8. The molecule has 8 nitrogen and oxygen atoms in total. The zero-order valence-electron chi connectivity index (χ0n) is 18.3. The molecule has 3 aromatic carbocycles. The third-order valence-corrected chi connectivity index (χ3v) is 5.79. The molecule has 0 radical (unpaired) electrons. The molecule has 176 valence electrons. The molecule has 0 bridgehead atoms. The second-order valence-corrected chi connectivity index (χ2v) is 7.87. The van der Waals surface area contributed by atoms with Crippen LogP contribution >= 0.6 is 0 Å². The van der Waals surface area contributed by atoms with Gasteiger partial charge < -0.3 is 28.9 Å². The van der Waals surface area contributed by atoms with Gasteiger partial charge in [0.25, 0.3) is 0 Å². The second-order valence-electron chi connectivity index (χ2n) is 7.87. The molecular formula is C27H20O8. The van der Waals surface area contributed by atoms with Crippen molar-refractivity contribution in [2.24, 2.45) is 0 Å². The fourth-order valence-electron chi connectivity index (χ4n) is 4.20. The van der Waals surface area contributed by atoms with Crippen LogP contribution in [0.25, 0.3) is 21.9 Å². The van der Waals surface area contributed by atoms with Crippen molar-refractivity contribution in [2.75, 3.05) is 13.2 Å². The van der Waals surface area contributed by atoms with E-state index in [1.807, 2.05) is 0 Å². The third kappa shape index (κ3) is 3.89. The fraction of sp³-hybridized carbons (Fsp3) is 0.111. The summed E-state index contributed by atoms with van der Waals surface area (Å²) < 4.78 is 16.3. The van der Waals surface area contributed by atoms with Crippen LogP contribution in [-0.2, 0) is 0 Å². The van der Waals surface area contributed by atoms with Crippen LogP contribution in [0.1, 0.15) is 22.6 Å². The van der Waals surface area contributed by atoms with Gasteiger partial charge in [0, 0.05) is 0 Å². The molecule has 35 heavy (non-hydrogen) atoms. The van der Waals surface area contributed by atoms with Crippen molar-refractivity contribution in [1.29, 1.82) is 0 Å². The number of hydrogen-bond donors (Lipinski definition) is 3. The highest BCUT2D eigenvalue weighted by Crippen LogP contribution is 2.42. The second kappa shape index (κ2) is 9.00. The molecule has 0 aliphatic rings. The van der Waals surface area contributed by atoms with Crippen molar-refractivity contribution >= 4 is 21.9 Å². The summed E-state index contributed by atoms with van der Waals surface area (Å²) in [5.74, 6) is -1.50. The number of hydrogen-bond acceptors (Lipinski definition) is 8. The van der Waals surface area contributed by atoms with E-state index in [0.29, 0.717) is 11.3 Å². The number of para-hydroxylation sites is 2. The predicted octanol–water partition coefficient (Wildman–Crippen LogP) is 3.86. The highest BCUT2D eigenvalue weighted by atomic mass is 16.5. The van der Waals surface area contributed by atoms with E-state index < -0.39 is 17.2 Å². The van der Waals surface area contributed by atoms with Crippen LogP contribution in [0.4, 0.5) is 0 Å². The normalized spacial score (nSPS) is 11.4. The Morgan fingerprint density at radius 3 is 1.69 bits per heavy atom. The van der Waals surface area contributed by atoms with Crippen molar-refractivity contribution in [3.8, 4) is 17.2 Å². The minimum Gasteiger partial charge on any atom is -0.507 e. The van der Waals surface area contributed by atoms with Gasteiger partial charge in [-0.05, 0) is 42.0 Å². The quantitative estimate of drug-likeness (QED) is 0.318. The third-order valence-electron chi connectivity index (χ3n) is 5.79. The van der Waals surface area contributed by atoms with Crippen molar-refractivity contribution in [1.82, 2.24) is 0 Å². The number of aromatic hydroxyl groups is 2. The number of rotatable bonds is 6. The molecule has 0 aliphatic carbocycles. The first-order chi connectivity index (χ1) is 17.0. The zero-order valence-corrected chi connectivity index (χ0v) is 18.3.